The first kappa shape index (κ1) is 12.0. The standard InChI is InChI=1S/C10H12N2O4/c1-3-4-7(9(14)15)12-5-6(2)8(13)11-10(12)16/h3,5,7H,1,4H2,2H3,(H,14,15)(H,11,13,16)/p-1. The molecule has 1 aromatic rings. The van der Waals surface area contributed by atoms with Crippen LogP contribution in [-0.2, 0) is 4.79 Å². The predicted molar refractivity (Wildman–Crippen MR) is 54.9 cm³/mol. The van der Waals surface area contributed by atoms with Gasteiger partial charge in [0.2, 0.25) is 0 Å². The van der Waals surface area contributed by atoms with Crippen molar-refractivity contribution in [3.8, 4) is 0 Å². The summed E-state index contributed by atoms with van der Waals surface area (Å²) < 4.78 is 0.924. The van der Waals surface area contributed by atoms with E-state index < -0.39 is 23.3 Å². The number of allylic oxidation sites excluding steroid dienone is 1. The van der Waals surface area contributed by atoms with Crippen molar-refractivity contribution in [3.05, 3.63) is 45.3 Å². The van der Waals surface area contributed by atoms with Crippen LogP contribution in [0.2, 0.25) is 0 Å². The van der Waals surface area contributed by atoms with E-state index in [0.29, 0.717) is 0 Å². The number of carbonyl (C=O) groups is 1. The minimum absolute atomic E-state index is 0.0493. The van der Waals surface area contributed by atoms with Gasteiger partial charge in [0.05, 0.1) is 12.0 Å². The molecule has 86 valence electrons. The number of aliphatic carboxylic acids is 1. The molecule has 0 aliphatic carbocycles. The summed E-state index contributed by atoms with van der Waals surface area (Å²) in [5.74, 6) is -1.39. The molecule has 0 spiro atoms. The van der Waals surface area contributed by atoms with Crippen molar-refractivity contribution in [3.63, 3.8) is 0 Å². The van der Waals surface area contributed by atoms with Crippen molar-refractivity contribution < 1.29 is 9.90 Å². The van der Waals surface area contributed by atoms with E-state index in [4.69, 9.17) is 0 Å². The fourth-order valence-electron chi connectivity index (χ4n) is 1.30. The van der Waals surface area contributed by atoms with Gasteiger partial charge in [-0.05, 0) is 13.3 Å². The van der Waals surface area contributed by atoms with E-state index >= 15 is 0 Å². The lowest BCUT2D eigenvalue weighted by atomic mass is 10.2. The zero-order chi connectivity index (χ0) is 12.3. The van der Waals surface area contributed by atoms with E-state index in [1.807, 2.05) is 4.98 Å². The summed E-state index contributed by atoms with van der Waals surface area (Å²) >= 11 is 0. The largest absolute Gasteiger partial charge is 0.548 e. The second kappa shape index (κ2) is 4.61. The maximum absolute atomic E-state index is 11.4. The van der Waals surface area contributed by atoms with Gasteiger partial charge >= 0.3 is 5.69 Å². The van der Waals surface area contributed by atoms with Crippen molar-refractivity contribution in [2.24, 2.45) is 0 Å². The first-order chi connectivity index (χ1) is 7.47. The summed E-state index contributed by atoms with van der Waals surface area (Å²) in [4.78, 5) is 35.3. The Morgan fingerprint density at radius 1 is 1.69 bits per heavy atom. The second-order valence-corrected chi connectivity index (χ2v) is 3.34. The van der Waals surface area contributed by atoms with Gasteiger partial charge in [-0.1, -0.05) is 6.08 Å². The highest BCUT2D eigenvalue weighted by Crippen LogP contribution is 2.07. The number of nitrogens with one attached hydrogen (secondary N) is 1. The summed E-state index contributed by atoms with van der Waals surface area (Å²) in [6.07, 6.45) is 2.62. The molecule has 6 heteroatoms. The van der Waals surface area contributed by atoms with Crippen LogP contribution < -0.4 is 16.4 Å². The van der Waals surface area contributed by atoms with Crippen LogP contribution in [0.15, 0.2) is 28.4 Å². The van der Waals surface area contributed by atoms with Crippen molar-refractivity contribution in [1.29, 1.82) is 0 Å². The number of aromatic nitrogens is 2. The molecule has 0 amide bonds. The van der Waals surface area contributed by atoms with Gasteiger partial charge in [0.1, 0.15) is 0 Å². The molecule has 0 fully saturated rings. The molecule has 6 nitrogen and oxygen atoms in total. The third kappa shape index (κ3) is 2.28. The normalized spacial score (nSPS) is 12.1. The van der Waals surface area contributed by atoms with Gasteiger partial charge in [-0.25, -0.2) is 4.79 Å². The smallest absolute Gasteiger partial charge is 0.328 e. The third-order valence-electron chi connectivity index (χ3n) is 2.14. The number of rotatable bonds is 4. The Kier molecular flexibility index (Phi) is 3.44. The Bertz CT molecular complexity index is 526. The van der Waals surface area contributed by atoms with Crippen LogP contribution in [-0.4, -0.2) is 15.5 Å². The highest BCUT2D eigenvalue weighted by molar-refractivity contribution is 5.69. The number of hydrogen-bond donors (Lipinski definition) is 1. The molecule has 0 saturated heterocycles. The van der Waals surface area contributed by atoms with Crippen LogP contribution in [0.3, 0.4) is 0 Å². The Hall–Kier alpha value is -2.11. The number of aryl methyl sites for hydroxylation is 1. The molecule has 0 saturated carbocycles. The topological polar surface area (TPSA) is 95.0 Å². The van der Waals surface area contributed by atoms with Crippen molar-refractivity contribution in [2.45, 2.75) is 19.4 Å². The van der Waals surface area contributed by atoms with Gasteiger partial charge in [0.15, 0.2) is 0 Å². The molecule has 1 unspecified atom stereocenters. The predicted octanol–water partition coefficient (Wildman–Crippen LogP) is -1.29. The van der Waals surface area contributed by atoms with E-state index in [2.05, 4.69) is 6.58 Å². The van der Waals surface area contributed by atoms with Crippen LogP contribution in [0.25, 0.3) is 0 Å². The number of carbonyl (C=O) groups excluding carboxylic acids is 1. The van der Waals surface area contributed by atoms with Gasteiger partial charge < -0.3 is 9.90 Å². The second-order valence-electron chi connectivity index (χ2n) is 3.34. The van der Waals surface area contributed by atoms with E-state index in [1.165, 1.54) is 19.2 Å². The summed E-state index contributed by atoms with van der Waals surface area (Å²) in [5.41, 5.74) is -1.04. The van der Waals surface area contributed by atoms with Crippen molar-refractivity contribution >= 4 is 5.97 Å². The number of carboxylic acids is 1. The molecule has 16 heavy (non-hydrogen) atoms. The van der Waals surface area contributed by atoms with Crippen LogP contribution in [0, 0.1) is 6.92 Å². The maximum Gasteiger partial charge on any atom is 0.328 e. The van der Waals surface area contributed by atoms with E-state index in [0.717, 1.165) is 4.57 Å². The van der Waals surface area contributed by atoms with Crippen LogP contribution in [0.1, 0.15) is 18.0 Å². The SMILES string of the molecule is C=CCC(C(=O)[O-])n1cc(C)c(=O)[nH]c1=O. The third-order valence-corrected chi connectivity index (χ3v) is 2.14. The highest BCUT2D eigenvalue weighted by atomic mass is 16.4. The average Bonchev–Trinajstić information content (AvgIpc) is 2.20. The molecule has 1 rings (SSSR count). The molecule has 0 aliphatic heterocycles. The lowest BCUT2D eigenvalue weighted by Crippen LogP contribution is -2.41. The molecule has 1 N–H and O–H groups in total. The van der Waals surface area contributed by atoms with Gasteiger partial charge in [0.25, 0.3) is 5.56 Å². The molecule has 0 bridgehead atoms. The van der Waals surface area contributed by atoms with Gasteiger partial charge in [0, 0.05) is 11.8 Å². The lowest BCUT2D eigenvalue weighted by Gasteiger charge is -2.18. The van der Waals surface area contributed by atoms with Crippen LogP contribution >= 0.6 is 0 Å². The number of aromatic amines is 1. The number of carboxylic acid groups (broad SMARTS) is 1. The maximum atomic E-state index is 11.4. The fraction of sp³-hybridized carbons (Fsp3) is 0.300. The Morgan fingerprint density at radius 2 is 2.31 bits per heavy atom. The molecule has 1 atom stereocenters. The minimum atomic E-state index is -1.39. The molecule has 1 heterocycles. The minimum Gasteiger partial charge on any atom is -0.548 e. The van der Waals surface area contributed by atoms with E-state index in [1.54, 1.807) is 0 Å². The average molecular weight is 223 g/mol. The van der Waals surface area contributed by atoms with Crippen LogP contribution in [0.4, 0.5) is 0 Å². The summed E-state index contributed by atoms with van der Waals surface area (Å²) in [6.45, 7) is 4.88. The molecule has 0 aromatic carbocycles. The number of H-pyrrole nitrogens is 1. The zero-order valence-corrected chi connectivity index (χ0v) is 8.73. The number of nitrogens with zero attached hydrogens (tertiary/aromatic N) is 1. The van der Waals surface area contributed by atoms with Crippen molar-refractivity contribution in [1.82, 2.24) is 9.55 Å². The quantitative estimate of drug-likeness (QED) is 0.642. The molecular weight excluding hydrogens is 212 g/mol. The number of hydrogen-bond acceptors (Lipinski definition) is 4. The van der Waals surface area contributed by atoms with E-state index in [9.17, 15) is 19.5 Å². The summed E-state index contributed by atoms with van der Waals surface area (Å²) in [5, 5.41) is 10.8. The van der Waals surface area contributed by atoms with Gasteiger partial charge in [-0.2, -0.15) is 0 Å². The van der Waals surface area contributed by atoms with Gasteiger partial charge in [-0.15, -0.1) is 6.58 Å². The molecule has 1 aromatic heterocycles. The Balaban J connectivity index is 3.35. The van der Waals surface area contributed by atoms with E-state index in [-0.39, 0.29) is 12.0 Å². The fourth-order valence-corrected chi connectivity index (χ4v) is 1.30. The zero-order valence-electron chi connectivity index (χ0n) is 8.73. The molecule has 0 aliphatic rings. The summed E-state index contributed by atoms with van der Waals surface area (Å²) in [6, 6.07) is -1.15. The molecular formula is C10H11N2O4-. The summed E-state index contributed by atoms with van der Waals surface area (Å²) in [7, 11) is 0. The monoisotopic (exact) mass is 223 g/mol. The van der Waals surface area contributed by atoms with Crippen LogP contribution in [0.5, 0.6) is 0 Å². The Labute approximate surface area is 90.9 Å². The highest BCUT2D eigenvalue weighted by Gasteiger charge is 2.13. The lowest BCUT2D eigenvalue weighted by molar-refractivity contribution is -0.310. The Morgan fingerprint density at radius 3 is 2.81 bits per heavy atom. The van der Waals surface area contributed by atoms with Crippen molar-refractivity contribution in [2.75, 3.05) is 0 Å². The first-order valence-electron chi connectivity index (χ1n) is 4.61. The van der Waals surface area contributed by atoms with Gasteiger partial charge in [-0.3, -0.25) is 14.3 Å². The first-order valence-corrected chi connectivity index (χ1v) is 4.61. The molecule has 0 radical (unpaired) electrons.